The molecule has 0 aliphatic rings. The quantitative estimate of drug-likeness (QED) is 0.755. The fourth-order valence-electron chi connectivity index (χ4n) is 1.17. The number of aromatic nitrogens is 1. The van der Waals surface area contributed by atoms with Crippen molar-refractivity contribution in [2.45, 2.75) is 0 Å². The van der Waals surface area contributed by atoms with E-state index in [9.17, 15) is 0 Å². The number of hydrogen-bond acceptors (Lipinski definition) is 4. The molecule has 0 aromatic carbocycles. The molecule has 1 heterocycles. The Labute approximate surface area is 84.2 Å². The van der Waals surface area contributed by atoms with Gasteiger partial charge in [0.1, 0.15) is 11.9 Å². The third-order valence-electron chi connectivity index (χ3n) is 1.97. The molecular formula is C10H14N4. The molecule has 14 heavy (non-hydrogen) atoms. The first kappa shape index (κ1) is 10.5. The predicted octanol–water partition coefficient (Wildman–Crippen LogP) is 0.609. The molecule has 0 fully saturated rings. The smallest absolute Gasteiger partial charge is 0.146 e. The molecule has 0 unspecified atom stereocenters. The number of rotatable bonds is 4. The molecule has 4 nitrogen and oxygen atoms in total. The standard InChI is InChI=1S/C10H14N4/c1-12-6-7-14(2)10-9(8-11)4-3-5-13-10/h3-5,12H,6-7H2,1-2H3. The van der Waals surface area contributed by atoms with E-state index in [0.717, 1.165) is 18.9 Å². The maximum Gasteiger partial charge on any atom is 0.146 e. The van der Waals surface area contributed by atoms with Gasteiger partial charge in [-0.2, -0.15) is 5.26 Å². The van der Waals surface area contributed by atoms with Crippen LogP contribution in [0.3, 0.4) is 0 Å². The third-order valence-corrected chi connectivity index (χ3v) is 1.97. The molecule has 0 spiro atoms. The molecule has 0 amide bonds. The molecule has 0 aliphatic carbocycles. The number of nitrogens with zero attached hydrogens (tertiary/aromatic N) is 3. The first-order valence-corrected chi connectivity index (χ1v) is 4.50. The van der Waals surface area contributed by atoms with Crippen LogP contribution in [0.2, 0.25) is 0 Å². The molecule has 0 saturated carbocycles. The Kier molecular flexibility index (Phi) is 3.89. The highest BCUT2D eigenvalue weighted by atomic mass is 15.2. The van der Waals surface area contributed by atoms with E-state index in [-0.39, 0.29) is 0 Å². The van der Waals surface area contributed by atoms with Gasteiger partial charge >= 0.3 is 0 Å². The van der Waals surface area contributed by atoms with Crippen molar-refractivity contribution in [2.24, 2.45) is 0 Å². The second-order valence-electron chi connectivity index (χ2n) is 3.01. The van der Waals surface area contributed by atoms with Gasteiger partial charge in [-0.1, -0.05) is 0 Å². The molecule has 0 aliphatic heterocycles. The molecule has 0 atom stereocenters. The third kappa shape index (κ3) is 2.44. The molecule has 1 aromatic heterocycles. The van der Waals surface area contributed by atoms with Gasteiger partial charge in [-0.3, -0.25) is 0 Å². The van der Waals surface area contributed by atoms with E-state index >= 15 is 0 Å². The van der Waals surface area contributed by atoms with Gasteiger partial charge < -0.3 is 10.2 Å². The summed E-state index contributed by atoms with van der Waals surface area (Å²) < 4.78 is 0. The van der Waals surface area contributed by atoms with Gasteiger partial charge in [0.2, 0.25) is 0 Å². The fourth-order valence-corrected chi connectivity index (χ4v) is 1.17. The minimum absolute atomic E-state index is 0.617. The van der Waals surface area contributed by atoms with Gasteiger partial charge in [0.05, 0.1) is 5.56 Å². The van der Waals surface area contributed by atoms with E-state index in [1.165, 1.54) is 0 Å². The molecular weight excluding hydrogens is 176 g/mol. The summed E-state index contributed by atoms with van der Waals surface area (Å²) >= 11 is 0. The number of anilines is 1. The number of hydrogen-bond donors (Lipinski definition) is 1. The van der Waals surface area contributed by atoms with Crippen molar-refractivity contribution >= 4 is 5.82 Å². The number of nitriles is 1. The Balaban J connectivity index is 2.79. The van der Waals surface area contributed by atoms with Crippen LogP contribution in [0, 0.1) is 11.3 Å². The molecule has 0 bridgehead atoms. The second kappa shape index (κ2) is 5.20. The summed E-state index contributed by atoms with van der Waals surface area (Å²) in [6, 6.07) is 5.68. The van der Waals surface area contributed by atoms with Gasteiger partial charge in [0.25, 0.3) is 0 Å². The zero-order valence-corrected chi connectivity index (χ0v) is 8.49. The monoisotopic (exact) mass is 190 g/mol. The SMILES string of the molecule is CNCCN(C)c1ncccc1C#N. The Hall–Kier alpha value is -1.60. The highest BCUT2D eigenvalue weighted by molar-refractivity contribution is 5.52. The Morgan fingerprint density at radius 1 is 1.64 bits per heavy atom. The van der Waals surface area contributed by atoms with Crippen molar-refractivity contribution < 1.29 is 0 Å². The van der Waals surface area contributed by atoms with Crippen molar-refractivity contribution in [1.29, 1.82) is 5.26 Å². The summed E-state index contributed by atoms with van der Waals surface area (Å²) in [5, 5.41) is 11.9. The summed E-state index contributed by atoms with van der Waals surface area (Å²) in [6.07, 6.45) is 1.70. The van der Waals surface area contributed by atoms with Gasteiger partial charge in [0.15, 0.2) is 0 Å². The van der Waals surface area contributed by atoms with Crippen LogP contribution in [0.15, 0.2) is 18.3 Å². The van der Waals surface area contributed by atoms with E-state index < -0.39 is 0 Å². The van der Waals surface area contributed by atoms with E-state index in [2.05, 4.69) is 16.4 Å². The van der Waals surface area contributed by atoms with Gasteiger partial charge in [-0.05, 0) is 19.2 Å². The average molecular weight is 190 g/mol. The van der Waals surface area contributed by atoms with Crippen molar-refractivity contribution in [3.63, 3.8) is 0 Å². The van der Waals surface area contributed by atoms with Crippen molar-refractivity contribution in [3.8, 4) is 6.07 Å². The lowest BCUT2D eigenvalue weighted by molar-refractivity contribution is 0.761. The lowest BCUT2D eigenvalue weighted by atomic mass is 10.2. The molecule has 1 aromatic rings. The summed E-state index contributed by atoms with van der Waals surface area (Å²) in [6.45, 7) is 1.71. The van der Waals surface area contributed by atoms with Crippen LogP contribution in [0.4, 0.5) is 5.82 Å². The highest BCUT2D eigenvalue weighted by Gasteiger charge is 2.06. The summed E-state index contributed by atoms with van der Waals surface area (Å²) in [4.78, 5) is 6.15. The van der Waals surface area contributed by atoms with Crippen molar-refractivity contribution in [3.05, 3.63) is 23.9 Å². The second-order valence-corrected chi connectivity index (χ2v) is 3.01. The minimum atomic E-state index is 0.617. The normalized spacial score (nSPS) is 9.50. The highest BCUT2D eigenvalue weighted by Crippen LogP contribution is 2.13. The maximum absolute atomic E-state index is 8.86. The van der Waals surface area contributed by atoms with E-state index in [1.54, 1.807) is 18.3 Å². The zero-order valence-electron chi connectivity index (χ0n) is 8.49. The average Bonchev–Trinajstić information content (AvgIpc) is 2.25. The van der Waals surface area contributed by atoms with Crippen LogP contribution in [0.25, 0.3) is 0 Å². The summed E-state index contributed by atoms with van der Waals surface area (Å²) in [5.41, 5.74) is 0.617. The predicted molar refractivity (Wildman–Crippen MR) is 56.1 cm³/mol. The van der Waals surface area contributed by atoms with Crippen LogP contribution in [0.5, 0.6) is 0 Å². The molecule has 4 heteroatoms. The van der Waals surface area contributed by atoms with Crippen molar-refractivity contribution in [1.82, 2.24) is 10.3 Å². The zero-order chi connectivity index (χ0) is 10.4. The number of pyridine rings is 1. The van der Waals surface area contributed by atoms with Gasteiger partial charge in [-0.15, -0.1) is 0 Å². The van der Waals surface area contributed by atoms with Crippen LogP contribution >= 0.6 is 0 Å². The first-order valence-electron chi connectivity index (χ1n) is 4.50. The first-order chi connectivity index (χ1) is 6.79. The van der Waals surface area contributed by atoms with E-state index in [4.69, 9.17) is 5.26 Å². The molecule has 1 N–H and O–H groups in total. The van der Waals surface area contributed by atoms with E-state index in [0.29, 0.717) is 5.56 Å². The maximum atomic E-state index is 8.86. The number of likely N-dealkylation sites (N-methyl/N-ethyl adjacent to an activating group) is 2. The van der Waals surface area contributed by atoms with Crippen LogP contribution in [-0.2, 0) is 0 Å². The minimum Gasteiger partial charge on any atom is -0.357 e. The lowest BCUT2D eigenvalue weighted by Gasteiger charge is -2.18. The van der Waals surface area contributed by atoms with Crippen molar-refractivity contribution in [2.75, 3.05) is 32.1 Å². The molecule has 0 saturated heterocycles. The van der Waals surface area contributed by atoms with Crippen LogP contribution in [-0.4, -0.2) is 32.2 Å². The molecule has 1 rings (SSSR count). The Morgan fingerprint density at radius 3 is 3.07 bits per heavy atom. The summed E-state index contributed by atoms with van der Waals surface area (Å²) in [5.74, 6) is 0.741. The number of nitrogens with one attached hydrogen (secondary N) is 1. The topological polar surface area (TPSA) is 52.0 Å². The van der Waals surface area contributed by atoms with Crippen LogP contribution in [0.1, 0.15) is 5.56 Å². The van der Waals surface area contributed by atoms with Gasteiger partial charge in [-0.25, -0.2) is 4.98 Å². The fraction of sp³-hybridized carbons (Fsp3) is 0.400. The van der Waals surface area contributed by atoms with Crippen LogP contribution < -0.4 is 10.2 Å². The summed E-state index contributed by atoms with van der Waals surface area (Å²) in [7, 11) is 3.83. The van der Waals surface area contributed by atoms with E-state index in [1.807, 2.05) is 19.0 Å². The molecule has 0 radical (unpaired) electrons. The molecule has 74 valence electrons. The largest absolute Gasteiger partial charge is 0.357 e. The Morgan fingerprint density at radius 2 is 2.43 bits per heavy atom. The Bertz CT molecular complexity index is 329. The van der Waals surface area contributed by atoms with Gasteiger partial charge in [0, 0.05) is 26.3 Å². The lowest BCUT2D eigenvalue weighted by Crippen LogP contribution is -2.28.